The lowest BCUT2D eigenvalue weighted by atomic mass is 9.67. The summed E-state index contributed by atoms with van der Waals surface area (Å²) < 4.78 is 17.2. The zero-order valence-corrected chi connectivity index (χ0v) is 46.3. The maximum absolute atomic E-state index is 14.0. The monoisotopic (exact) mass is 1040 g/mol. The number of carbonyl (C=O) groups excluding carboxylic acids is 3. The minimum absolute atomic E-state index is 0.0165. The van der Waals surface area contributed by atoms with E-state index in [4.69, 9.17) is 21.1 Å². The van der Waals surface area contributed by atoms with Crippen LogP contribution in [0.25, 0.3) is 16.5 Å². The fourth-order valence-corrected chi connectivity index (χ4v) is 13.1. The first-order valence-electron chi connectivity index (χ1n) is 26.9. The molecule has 76 heavy (non-hydrogen) atoms. The van der Waals surface area contributed by atoms with E-state index in [9.17, 15) is 24.3 Å². The smallest absolute Gasteiger partial charge is 0.336 e. The number of hydrogen-bond donors (Lipinski definition) is 3. The number of carbonyl (C=O) groups is 4. The van der Waals surface area contributed by atoms with E-state index in [1.165, 1.54) is 39.4 Å². The number of hydrogen-bond acceptors (Lipinski definition) is 7. The van der Waals surface area contributed by atoms with Crippen molar-refractivity contribution < 1.29 is 33.8 Å². The minimum atomic E-state index is -1.13. The molecule has 5 aliphatic heterocycles. The van der Waals surface area contributed by atoms with E-state index in [-0.39, 0.29) is 64.1 Å². The molecule has 6 heterocycles. The van der Waals surface area contributed by atoms with Crippen molar-refractivity contribution in [3.63, 3.8) is 0 Å². The second-order valence-electron chi connectivity index (χ2n) is 24.3. The summed E-state index contributed by atoms with van der Waals surface area (Å²) in [5.74, 6) is 0.199. The number of halogens is 1. The molecule has 0 saturated heterocycles. The quantitative estimate of drug-likeness (QED) is 0.0859. The van der Waals surface area contributed by atoms with E-state index in [0.29, 0.717) is 45.1 Å². The normalized spacial score (nSPS) is 17.9. The topological polar surface area (TPSA) is 142 Å². The van der Waals surface area contributed by atoms with Gasteiger partial charge in [-0.1, -0.05) is 73.1 Å². The number of aromatic carboxylic acids is 1. The first-order valence-corrected chi connectivity index (χ1v) is 27.3. The van der Waals surface area contributed by atoms with Crippen LogP contribution in [0.5, 0.6) is 17.2 Å². The molecule has 0 spiro atoms. The van der Waals surface area contributed by atoms with Gasteiger partial charge in [0.15, 0.2) is 0 Å². The molecule has 0 unspecified atom stereocenters. The summed E-state index contributed by atoms with van der Waals surface area (Å²) in [6.07, 6.45) is 4.35. The molecule has 12 nitrogen and oxygen atoms in total. The third-order valence-corrected chi connectivity index (χ3v) is 17.9. The summed E-state index contributed by atoms with van der Waals surface area (Å²) in [6, 6.07) is 21.8. The van der Waals surface area contributed by atoms with E-state index in [1.54, 1.807) is 48.1 Å². The third-order valence-electron chi connectivity index (χ3n) is 17.6. The van der Waals surface area contributed by atoms with Gasteiger partial charge >= 0.3 is 5.97 Å². The summed E-state index contributed by atoms with van der Waals surface area (Å²) in [5.41, 5.74) is 10.4. The van der Waals surface area contributed by atoms with Crippen molar-refractivity contribution in [2.45, 2.75) is 122 Å². The molecule has 2 amide bonds. The summed E-state index contributed by atoms with van der Waals surface area (Å²) in [4.78, 5) is 57.7. The highest BCUT2D eigenvalue weighted by molar-refractivity contribution is 6.30. The van der Waals surface area contributed by atoms with Gasteiger partial charge in [-0.05, 0) is 120 Å². The average Bonchev–Trinajstić information content (AvgIpc) is 3.70. The highest BCUT2D eigenvalue weighted by Crippen LogP contribution is 2.57. The number of methoxy groups -OCH3 is 1. The van der Waals surface area contributed by atoms with Gasteiger partial charge in [0.1, 0.15) is 30.3 Å². The molecule has 5 aliphatic rings. The molecule has 13 heteroatoms. The van der Waals surface area contributed by atoms with Crippen molar-refractivity contribution in [3.8, 4) is 17.2 Å². The van der Waals surface area contributed by atoms with Gasteiger partial charge in [-0.3, -0.25) is 19.0 Å². The molecule has 11 rings (SSSR count). The Morgan fingerprint density at radius 1 is 0.737 bits per heavy atom. The number of amides is 2. The van der Waals surface area contributed by atoms with Gasteiger partial charge in [-0.15, -0.1) is 0 Å². The van der Waals surface area contributed by atoms with Gasteiger partial charge in [0, 0.05) is 110 Å². The van der Waals surface area contributed by atoms with Gasteiger partial charge in [0.2, 0.25) is 11.3 Å². The van der Waals surface area contributed by atoms with E-state index in [0.717, 1.165) is 85.1 Å². The fourth-order valence-electron chi connectivity index (χ4n) is 12.9. The molecule has 0 aliphatic carbocycles. The van der Waals surface area contributed by atoms with Crippen LogP contribution in [-0.4, -0.2) is 79.7 Å². The second kappa shape index (κ2) is 18.4. The Bertz CT molecular complexity index is 3630. The zero-order valence-electron chi connectivity index (χ0n) is 45.5. The Morgan fingerprint density at radius 2 is 1.39 bits per heavy atom. The third kappa shape index (κ3) is 8.37. The summed E-state index contributed by atoms with van der Waals surface area (Å²) in [6.45, 7) is 24.8. The van der Waals surface area contributed by atoms with Gasteiger partial charge in [0.05, 0.1) is 30.2 Å². The van der Waals surface area contributed by atoms with Crippen LogP contribution in [0.4, 0.5) is 5.69 Å². The lowest BCUT2D eigenvalue weighted by Gasteiger charge is -2.49. The first-order chi connectivity index (χ1) is 36.0. The molecule has 3 N–H and O–H groups in total. The summed E-state index contributed by atoms with van der Waals surface area (Å²) >= 11 is 6.12. The van der Waals surface area contributed by atoms with E-state index < -0.39 is 11.9 Å². The van der Waals surface area contributed by atoms with Crippen LogP contribution in [-0.2, 0) is 32.9 Å². The van der Waals surface area contributed by atoms with Crippen molar-refractivity contribution in [2.75, 3.05) is 51.3 Å². The average molecular weight is 1040 g/mol. The first kappa shape index (κ1) is 51.2. The molecule has 0 bridgehead atoms. The standard InChI is InChI=1S/C63H68ClN5O7/c1-35-41(42-31-39(75-10)17-19-48(42)69(35)58(72)36-12-15-38(64)16-13-36)34-49(70)65-24-11-25-66-57(71)37-14-18-40(43(30-37)59(73)74)50-44-32-46-53-51(62(6,7)22-28-67(53)26-20-60(46,2)3)55(44)76-56-45(50)33-47-54-52(56)63(8,9)23-29-68(54)27-21-61(47,4)5/h12-19,30-33H,11,20-29,34H2,1-10H3,(H2-,65,66,70,71,73,74)/p+1. The maximum Gasteiger partial charge on any atom is 0.336 e. The number of carboxylic acids is 1. The summed E-state index contributed by atoms with van der Waals surface area (Å²) in [5, 5.41) is 20.6. The fraction of sp³-hybridized carbons (Fsp3) is 0.413. The number of nitrogens with one attached hydrogen (secondary N) is 2. The van der Waals surface area contributed by atoms with Crippen molar-refractivity contribution in [1.29, 1.82) is 0 Å². The molecular weight excluding hydrogens is 974 g/mol. The predicted octanol–water partition coefficient (Wildman–Crippen LogP) is 9.85. The van der Waals surface area contributed by atoms with Gasteiger partial charge < -0.3 is 30.1 Å². The van der Waals surface area contributed by atoms with Crippen molar-refractivity contribution in [3.05, 3.63) is 150 Å². The number of rotatable bonds is 11. The zero-order chi connectivity index (χ0) is 54.0. The van der Waals surface area contributed by atoms with Crippen LogP contribution >= 0.6 is 11.6 Å². The van der Waals surface area contributed by atoms with Gasteiger partial charge in [0.25, 0.3) is 11.8 Å². The Balaban J connectivity index is 0.910. The van der Waals surface area contributed by atoms with E-state index in [2.05, 4.69) is 87.6 Å². The lowest BCUT2D eigenvalue weighted by Crippen LogP contribution is -2.54. The molecule has 0 radical (unpaired) electrons. The summed E-state index contributed by atoms with van der Waals surface area (Å²) in [7, 11) is 1.57. The minimum Gasteiger partial charge on any atom is -0.497 e. The predicted molar refractivity (Wildman–Crippen MR) is 299 cm³/mol. The number of aromatic nitrogens is 1. The molecule has 394 valence electrons. The highest BCUT2D eigenvalue weighted by atomic mass is 35.5. The number of anilines is 1. The SMILES string of the molecule is COc1ccc2c(c1)c(CC(=O)NCCCNC(=O)c1ccc(C3=c4cc5c6c(c4Oc4c3cc3c7c4C(C)(C)CCN7CCC3(C)C)C(C)(C)CC[N+]=6CCC5(C)C)c(C(=O)O)c1)c(C)n2C(=O)c1ccc(Cl)cc1. The molecule has 0 saturated carbocycles. The number of benzene rings is 5. The van der Waals surface area contributed by atoms with Crippen molar-refractivity contribution >= 4 is 57.5 Å². The number of nitrogens with zero attached hydrogens (tertiary/aromatic N) is 3. The van der Waals surface area contributed by atoms with E-state index in [1.807, 2.05) is 25.1 Å². The van der Waals surface area contributed by atoms with Crippen LogP contribution in [0.15, 0.2) is 72.8 Å². The molecule has 0 atom stereocenters. The molecule has 6 aromatic rings. The largest absolute Gasteiger partial charge is 0.497 e. The molecule has 1 aromatic heterocycles. The molecular formula is C63H69ClN5O7+. The van der Waals surface area contributed by atoms with Crippen LogP contribution in [0.3, 0.4) is 0 Å². The second-order valence-corrected chi connectivity index (χ2v) is 24.8. The Hall–Kier alpha value is -6.92. The Kier molecular flexibility index (Phi) is 12.4. The number of carboxylic acid groups (broad SMARTS) is 1. The van der Waals surface area contributed by atoms with Crippen LogP contribution in [0.1, 0.15) is 163 Å². The van der Waals surface area contributed by atoms with Gasteiger partial charge in [-0.2, -0.15) is 0 Å². The Morgan fingerprint density at radius 3 is 2.11 bits per heavy atom. The molecule has 5 aromatic carbocycles. The van der Waals surface area contributed by atoms with Crippen LogP contribution < -0.4 is 40.2 Å². The number of ether oxygens (including phenoxy) is 2. The van der Waals surface area contributed by atoms with Crippen molar-refractivity contribution in [2.24, 2.45) is 0 Å². The maximum atomic E-state index is 14.0. The lowest BCUT2D eigenvalue weighted by molar-refractivity contribution is -0.120. The highest BCUT2D eigenvalue weighted by Gasteiger charge is 2.48. The Labute approximate surface area is 449 Å². The van der Waals surface area contributed by atoms with Crippen LogP contribution in [0.2, 0.25) is 5.02 Å². The molecule has 0 fully saturated rings. The van der Waals surface area contributed by atoms with E-state index >= 15 is 0 Å². The van der Waals surface area contributed by atoms with Crippen molar-refractivity contribution in [1.82, 2.24) is 19.8 Å². The number of fused-ring (bicyclic) bond motifs is 5. The van der Waals surface area contributed by atoms with Gasteiger partial charge in [-0.25, -0.2) is 9.37 Å². The van der Waals surface area contributed by atoms with Crippen LogP contribution in [0, 0.1) is 6.92 Å².